The van der Waals surface area contributed by atoms with Gasteiger partial charge in [0.1, 0.15) is 18.4 Å². The molecule has 1 aromatic carbocycles. The lowest BCUT2D eigenvalue weighted by Gasteiger charge is -2.26. The van der Waals surface area contributed by atoms with E-state index in [-0.39, 0.29) is 5.91 Å². The van der Waals surface area contributed by atoms with Gasteiger partial charge in [0.2, 0.25) is 5.91 Å². The maximum Gasteiger partial charge on any atom is 0.221 e. The summed E-state index contributed by atoms with van der Waals surface area (Å²) in [6, 6.07) is 6.26. The van der Waals surface area contributed by atoms with Crippen molar-refractivity contribution < 1.29 is 9.53 Å². The minimum Gasteiger partial charge on any atom is -0.497 e. The zero-order chi connectivity index (χ0) is 16.1. The average molecular weight is 314 g/mol. The lowest BCUT2D eigenvalue weighted by molar-refractivity contribution is -0.121. The number of rotatable bonds is 6. The second-order valence-corrected chi connectivity index (χ2v) is 5.87. The lowest BCUT2D eigenvalue weighted by atomic mass is 9.82. The van der Waals surface area contributed by atoms with Crippen molar-refractivity contribution in [2.24, 2.45) is 0 Å². The fraction of sp³-hybridized carbons (Fsp3) is 0.471. The van der Waals surface area contributed by atoms with Crippen molar-refractivity contribution in [1.29, 1.82) is 0 Å². The molecule has 1 amide bonds. The van der Waals surface area contributed by atoms with Crippen LogP contribution >= 0.6 is 0 Å². The van der Waals surface area contributed by atoms with E-state index in [0.29, 0.717) is 25.4 Å². The van der Waals surface area contributed by atoms with Gasteiger partial charge in [0.15, 0.2) is 0 Å². The Labute approximate surface area is 135 Å². The molecule has 0 saturated carbocycles. The summed E-state index contributed by atoms with van der Waals surface area (Å²) < 4.78 is 6.97. The Morgan fingerprint density at radius 1 is 1.48 bits per heavy atom. The number of aryl methyl sites for hydroxylation is 2. The van der Waals surface area contributed by atoms with Crippen molar-refractivity contribution in [3.63, 3.8) is 0 Å². The van der Waals surface area contributed by atoms with Gasteiger partial charge in [-0.25, -0.2) is 4.98 Å². The molecule has 0 saturated heterocycles. The first-order chi connectivity index (χ1) is 11.3. The average Bonchev–Trinajstić information content (AvgIpc) is 3.11. The molecule has 6 heteroatoms. The van der Waals surface area contributed by atoms with Gasteiger partial charge in [-0.3, -0.25) is 9.48 Å². The predicted molar refractivity (Wildman–Crippen MR) is 86.3 cm³/mol. The van der Waals surface area contributed by atoms with Crippen molar-refractivity contribution in [2.45, 2.75) is 38.1 Å². The van der Waals surface area contributed by atoms with Crippen LogP contribution in [0.3, 0.4) is 0 Å². The fourth-order valence-corrected chi connectivity index (χ4v) is 3.12. The van der Waals surface area contributed by atoms with Crippen molar-refractivity contribution >= 4 is 5.91 Å². The number of aromatic nitrogens is 3. The Kier molecular flexibility index (Phi) is 4.90. The number of amides is 1. The molecular formula is C17H22N4O2. The van der Waals surface area contributed by atoms with Crippen LogP contribution in [0.4, 0.5) is 0 Å². The molecule has 122 valence electrons. The van der Waals surface area contributed by atoms with Crippen LogP contribution in [0.25, 0.3) is 0 Å². The number of hydrogen-bond donors (Lipinski definition) is 1. The first kappa shape index (κ1) is 15.5. The molecule has 1 aliphatic rings. The van der Waals surface area contributed by atoms with Crippen LogP contribution in [-0.4, -0.2) is 34.3 Å². The highest BCUT2D eigenvalue weighted by atomic mass is 16.5. The van der Waals surface area contributed by atoms with E-state index in [4.69, 9.17) is 4.74 Å². The largest absolute Gasteiger partial charge is 0.497 e. The van der Waals surface area contributed by atoms with E-state index in [9.17, 15) is 4.79 Å². The molecule has 2 aromatic rings. The van der Waals surface area contributed by atoms with Crippen molar-refractivity contribution in [1.82, 2.24) is 20.1 Å². The third-order valence-corrected chi connectivity index (χ3v) is 4.37. The van der Waals surface area contributed by atoms with Gasteiger partial charge in [-0.1, -0.05) is 6.07 Å². The van der Waals surface area contributed by atoms with Crippen LogP contribution in [0.5, 0.6) is 5.75 Å². The zero-order valence-electron chi connectivity index (χ0n) is 13.4. The van der Waals surface area contributed by atoms with Gasteiger partial charge in [0.05, 0.1) is 13.7 Å². The number of methoxy groups -OCH3 is 1. The zero-order valence-corrected chi connectivity index (χ0v) is 13.4. The van der Waals surface area contributed by atoms with E-state index in [2.05, 4.69) is 27.5 Å². The Morgan fingerprint density at radius 2 is 2.39 bits per heavy atom. The van der Waals surface area contributed by atoms with E-state index >= 15 is 0 Å². The molecule has 1 aromatic heterocycles. The molecule has 3 rings (SSSR count). The summed E-state index contributed by atoms with van der Waals surface area (Å²) in [7, 11) is 1.69. The van der Waals surface area contributed by atoms with E-state index in [0.717, 1.165) is 25.0 Å². The number of nitrogens with one attached hydrogen (secondary N) is 1. The highest BCUT2D eigenvalue weighted by Gasteiger charge is 2.21. The molecule has 1 heterocycles. The third kappa shape index (κ3) is 3.88. The van der Waals surface area contributed by atoms with Gasteiger partial charge < -0.3 is 10.1 Å². The van der Waals surface area contributed by atoms with Crippen LogP contribution in [0.15, 0.2) is 30.9 Å². The van der Waals surface area contributed by atoms with Gasteiger partial charge >= 0.3 is 0 Å². The summed E-state index contributed by atoms with van der Waals surface area (Å²) in [6.07, 6.45) is 6.88. The lowest BCUT2D eigenvalue weighted by Crippen LogP contribution is -2.30. The number of carbonyl (C=O) groups is 1. The van der Waals surface area contributed by atoms with Gasteiger partial charge in [0.25, 0.3) is 0 Å². The van der Waals surface area contributed by atoms with Gasteiger partial charge in [0, 0.05) is 18.9 Å². The number of benzene rings is 1. The standard InChI is InChI=1S/C17H22N4O2/c1-23-15-5-6-16-13(9-15)3-2-4-14(16)10-19-17(22)7-8-21-12-18-11-20-21/h5-6,9,11-12,14H,2-4,7-8,10H2,1H3,(H,19,22)/t14-/m1/s1. The summed E-state index contributed by atoms with van der Waals surface area (Å²) in [5, 5.41) is 7.05. The quantitative estimate of drug-likeness (QED) is 0.884. The highest BCUT2D eigenvalue weighted by molar-refractivity contribution is 5.75. The van der Waals surface area contributed by atoms with Crippen molar-refractivity contribution in [3.05, 3.63) is 42.0 Å². The maximum atomic E-state index is 12.0. The molecule has 6 nitrogen and oxygen atoms in total. The summed E-state index contributed by atoms with van der Waals surface area (Å²) in [6.45, 7) is 1.25. The monoisotopic (exact) mass is 314 g/mol. The molecule has 0 aliphatic heterocycles. The molecule has 1 atom stereocenters. The topological polar surface area (TPSA) is 69.0 Å². The van der Waals surface area contributed by atoms with E-state index in [1.54, 1.807) is 18.1 Å². The molecule has 0 fully saturated rings. The normalized spacial score (nSPS) is 16.7. The maximum absolute atomic E-state index is 12.0. The number of hydrogen-bond acceptors (Lipinski definition) is 4. The third-order valence-electron chi connectivity index (χ3n) is 4.37. The Bertz CT molecular complexity index is 655. The van der Waals surface area contributed by atoms with Crippen LogP contribution in [0.2, 0.25) is 0 Å². The van der Waals surface area contributed by atoms with E-state index < -0.39 is 0 Å². The van der Waals surface area contributed by atoms with Crippen LogP contribution in [0, 0.1) is 0 Å². The molecule has 0 spiro atoms. The minimum atomic E-state index is 0.0566. The van der Waals surface area contributed by atoms with Crippen molar-refractivity contribution in [3.8, 4) is 5.75 Å². The number of fused-ring (bicyclic) bond motifs is 1. The highest BCUT2D eigenvalue weighted by Crippen LogP contribution is 2.33. The SMILES string of the molecule is COc1ccc2c(c1)CCC[C@@H]2CNC(=O)CCn1cncn1. The molecule has 1 aliphatic carbocycles. The number of nitrogens with zero attached hydrogens (tertiary/aromatic N) is 3. The Hall–Kier alpha value is -2.37. The van der Waals surface area contributed by atoms with E-state index in [1.807, 2.05) is 6.07 Å². The Balaban J connectivity index is 1.54. The summed E-state index contributed by atoms with van der Waals surface area (Å²) >= 11 is 0. The molecule has 0 radical (unpaired) electrons. The first-order valence-corrected chi connectivity index (χ1v) is 8.02. The smallest absolute Gasteiger partial charge is 0.221 e. The van der Waals surface area contributed by atoms with Gasteiger partial charge in [-0.15, -0.1) is 0 Å². The second-order valence-electron chi connectivity index (χ2n) is 5.87. The molecular weight excluding hydrogens is 292 g/mol. The van der Waals surface area contributed by atoms with Crippen LogP contribution in [0.1, 0.15) is 36.3 Å². The van der Waals surface area contributed by atoms with Gasteiger partial charge in [-0.2, -0.15) is 5.10 Å². The number of carbonyl (C=O) groups excluding carboxylic acids is 1. The predicted octanol–water partition coefficient (Wildman–Crippen LogP) is 1.91. The van der Waals surface area contributed by atoms with Crippen LogP contribution in [-0.2, 0) is 17.8 Å². The minimum absolute atomic E-state index is 0.0566. The first-order valence-electron chi connectivity index (χ1n) is 8.02. The van der Waals surface area contributed by atoms with E-state index in [1.165, 1.54) is 17.5 Å². The molecule has 0 unspecified atom stereocenters. The molecule has 23 heavy (non-hydrogen) atoms. The fourth-order valence-electron chi connectivity index (χ4n) is 3.12. The summed E-state index contributed by atoms with van der Waals surface area (Å²) in [5.41, 5.74) is 2.69. The summed E-state index contributed by atoms with van der Waals surface area (Å²) in [5.74, 6) is 1.35. The van der Waals surface area contributed by atoms with Crippen LogP contribution < -0.4 is 10.1 Å². The number of ether oxygens (including phenoxy) is 1. The summed E-state index contributed by atoms with van der Waals surface area (Å²) in [4.78, 5) is 15.9. The Morgan fingerprint density at radius 3 is 3.17 bits per heavy atom. The molecule has 1 N–H and O–H groups in total. The molecule has 0 bridgehead atoms. The van der Waals surface area contributed by atoms with Gasteiger partial charge in [-0.05, 0) is 42.5 Å². The van der Waals surface area contributed by atoms with Crippen molar-refractivity contribution in [2.75, 3.05) is 13.7 Å². The second kappa shape index (κ2) is 7.26.